The lowest BCUT2D eigenvalue weighted by molar-refractivity contribution is -0.139. The highest BCUT2D eigenvalue weighted by Gasteiger charge is 2.52. The number of carbonyl (C=O) groups excluding carboxylic acids is 3. The van der Waals surface area contributed by atoms with Gasteiger partial charge in [-0.3, -0.25) is 14.4 Å². The SMILES string of the molecule is CCN(C)C(=O)[C@@](C)(CC)Nc1ccnc(-c2c[nH]c3ncc(F)cc23)n1.O=C(NCC(F)(F)F)C1(Nc2ccnc(-c3c[nH]c4ncc(Cl)cc34)n2)CC1.O=C(NCC(F)(F)F)C1(Nc2ccnc(-c3c[nH]c4ncc(F)cc34)n2)CC1.[HH].[HH].[HH].[HH].[HH].[HH].[HH].[HH]. The molecule has 0 unspecified atom stereocenters. The molecule has 0 bridgehead atoms. The van der Waals surface area contributed by atoms with Crippen LogP contribution in [-0.2, 0) is 14.4 Å². The van der Waals surface area contributed by atoms with Crippen LogP contribution in [-0.4, -0.2) is 138 Å². The van der Waals surface area contributed by atoms with Gasteiger partial charge in [-0.25, -0.2) is 53.6 Å². The van der Waals surface area contributed by atoms with E-state index in [1.165, 1.54) is 36.8 Å². The first-order chi connectivity index (χ1) is 39.4. The summed E-state index contributed by atoms with van der Waals surface area (Å²) in [5.74, 6) is -0.179. The van der Waals surface area contributed by atoms with Crippen LogP contribution in [0.2, 0.25) is 5.02 Å². The Morgan fingerprint density at radius 2 is 1.00 bits per heavy atom. The Morgan fingerprint density at radius 3 is 1.39 bits per heavy atom. The number of H-pyrrole nitrogens is 3. The summed E-state index contributed by atoms with van der Waals surface area (Å²) in [6.07, 6.45) is 6.55. The smallest absolute Gasteiger partial charge is 0.356 e. The third kappa shape index (κ3) is 13.8. The minimum atomic E-state index is -4.48. The molecule has 450 valence electrons. The Morgan fingerprint density at radius 1 is 0.614 bits per heavy atom. The zero-order valence-corrected chi connectivity index (χ0v) is 45.2. The van der Waals surface area contributed by atoms with Crippen LogP contribution < -0.4 is 26.6 Å². The first-order valence-corrected chi connectivity index (χ1v) is 26.0. The van der Waals surface area contributed by atoms with Gasteiger partial charge in [-0.15, -0.1) is 0 Å². The summed E-state index contributed by atoms with van der Waals surface area (Å²) < 4.78 is 101. The molecule has 2 aliphatic carbocycles. The fourth-order valence-corrected chi connectivity index (χ4v) is 8.72. The third-order valence-corrected chi connectivity index (χ3v) is 13.8. The molecule has 2 aliphatic rings. The van der Waals surface area contributed by atoms with Crippen LogP contribution in [0.5, 0.6) is 0 Å². The van der Waals surface area contributed by atoms with E-state index in [1.807, 2.05) is 31.4 Å². The lowest BCUT2D eigenvalue weighted by Gasteiger charge is -2.32. The lowest BCUT2D eigenvalue weighted by atomic mass is 9.97. The first kappa shape index (κ1) is 58.5. The van der Waals surface area contributed by atoms with Gasteiger partial charge in [0.15, 0.2) is 17.5 Å². The van der Waals surface area contributed by atoms with Crippen LogP contribution in [0.15, 0.2) is 92.2 Å². The maximum atomic E-state index is 13.6. The zero-order valence-electron chi connectivity index (χ0n) is 44.4. The van der Waals surface area contributed by atoms with Gasteiger partial charge in [-0.2, -0.15) is 26.3 Å². The topological polar surface area (TPSA) is 278 Å². The molecule has 8 N–H and O–H groups in total. The van der Waals surface area contributed by atoms with E-state index in [4.69, 9.17) is 11.6 Å². The Labute approximate surface area is 482 Å². The van der Waals surface area contributed by atoms with Crippen molar-refractivity contribution in [2.45, 2.75) is 81.8 Å². The second-order valence-electron chi connectivity index (χ2n) is 19.7. The van der Waals surface area contributed by atoms with Crippen molar-refractivity contribution in [3.8, 4) is 34.2 Å². The summed E-state index contributed by atoms with van der Waals surface area (Å²) >= 11 is 6.00. The Hall–Kier alpha value is -9.15. The molecule has 1 atom stereocenters. The van der Waals surface area contributed by atoms with Crippen molar-refractivity contribution >= 4 is 79.9 Å². The number of hydrogen-bond acceptors (Lipinski definition) is 15. The molecule has 2 fully saturated rings. The van der Waals surface area contributed by atoms with E-state index < -0.39 is 65.5 Å². The highest BCUT2D eigenvalue weighted by Crippen LogP contribution is 2.41. The molecule has 0 saturated heterocycles. The first-order valence-electron chi connectivity index (χ1n) is 25.6. The molecule has 0 aromatic carbocycles. The van der Waals surface area contributed by atoms with Gasteiger partial charge in [0.05, 0.1) is 17.4 Å². The second kappa shape index (κ2) is 23.4. The fourth-order valence-electron chi connectivity index (χ4n) is 8.56. The molecule has 0 spiro atoms. The van der Waals surface area contributed by atoms with Crippen molar-refractivity contribution in [3.63, 3.8) is 0 Å². The summed E-state index contributed by atoms with van der Waals surface area (Å²) in [7, 11) is 1.77. The number of halogens is 9. The standard InChI is InChI=1S/C19H23FN6O.C17H14ClF3N6O.C17H14F4N6O.8H2/c1-5-19(3,18(27)26(4)6-2)25-15-7-8-21-17(24-15)14-11-23-16-13(14)9-12(20)10-22-16;2*18-9-5-10-11(7-24-13(10)23-6-9)14-22-4-1-12(26-14)27-16(2-3-16)15(28)25-8-17(19,20)21;;;;;;;;/h7-11H,5-6H2,1-4H3,(H,22,23)(H,21,24,25);2*1,4-7H,2-3,8H2,(H,23,24)(H,25,28)(H,22,26,27);8*1H/t19-;;;;;;;;;;/m1........../s1. The molecule has 83 heavy (non-hydrogen) atoms. The molecule has 0 aliphatic heterocycles. The highest BCUT2D eigenvalue weighted by atomic mass is 35.5. The van der Waals surface area contributed by atoms with Gasteiger partial charge in [0, 0.05) is 101 Å². The molecule has 3 amide bonds. The van der Waals surface area contributed by atoms with Crippen LogP contribution in [0, 0.1) is 11.6 Å². The number of alkyl halides is 6. The van der Waals surface area contributed by atoms with E-state index in [1.54, 1.807) is 54.9 Å². The Balaban J connectivity index is 0.000000654. The normalized spacial score (nSPS) is 14.8. The number of nitrogens with one attached hydrogen (secondary N) is 8. The number of carbonyl (C=O) groups is 3. The van der Waals surface area contributed by atoms with Gasteiger partial charge in [-0.1, -0.05) is 18.5 Å². The van der Waals surface area contributed by atoms with E-state index in [9.17, 15) is 49.5 Å². The number of fused-ring (bicyclic) bond motifs is 3. The van der Waals surface area contributed by atoms with Crippen LogP contribution in [0.3, 0.4) is 0 Å². The molecular formula is C53H67ClF8N18O3. The average Bonchev–Trinajstić information content (AvgIpc) is 1.67. The van der Waals surface area contributed by atoms with E-state index in [0.717, 1.165) is 17.8 Å². The summed E-state index contributed by atoms with van der Waals surface area (Å²) in [4.78, 5) is 85.6. The van der Waals surface area contributed by atoms with Gasteiger partial charge in [0.1, 0.15) is 75.7 Å². The predicted molar refractivity (Wildman–Crippen MR) is 308 cm³/mol. The predicted octanol–water partition coefficient (Wildman–Crippen LogP) is 11.3. The summed E-state index contributed by atoms with van der Waals surface area (Å²) in [6, 6.07) is 9.20. The van der Waals surface area contributed by atoms with Crippen LogP contribution in [0.4, 0.5) is 52.6 Å². The van der Waals surface area contributed by atoms with Gasteiger partial charge < -0.3 is 46.4 Å². The van der Waals surface area contributed by atoms with Crippen molar-refractivity contribution in [1.82, 2.24) is 75.3 Å². The maximum absolute atomic E-state index is 13.6. The number of pyridine rings is 3. The molecule has 9 aromatic heterocycles. The number of amides is 3. The Kier molecular flexibility index (Phi) is 16.5. The van der Waals surface area contributed by atoms with Crippen molar-refractivity contribution in [2.75, 3.05) is 42.6 Å². The van der Waals surface area contributed by atoms with Gasteiger partial charge in [0.2, 0.25) is 17.7 Å². The fraction of sp³-hybridized carbons (Fsp3) is 0.321. The van der Waals surface area contributed by atoms with E-state index in [0.29, 0.717) is 111 Å². The number of hydrogen-bond donors (Lipinski definition) is 8. The van der Waals surface area contributed by atoms with E-state index in [2.05, 4.69) is 75.8 Å². The van der Waals surface area contributed by atoms with Crippen molar-refractivity contribution in [1.29, 1.82) is 0 Å². The van der Waals surface area contributed by atoms with E-state index in [-0.39, 0.29) is 29.0 Å². The molecule has 21 nitrogen and oxygen atoms in total. The maximum Gasteiger partial charge on any atom is 0.405 e. The number of aromatic amines is 3. The summed E-state index contributed by atoms with van der Waals surface area (Å²) in [5.41, 5.74) is 0.478. The van der Waals surface area contributed by atoms with Gasteiger partial charge >= 0.3 is 12.4 Å². The van der Waals surface area contributed by atoms with Crippen molar-refractivity contribution in [3.05, 3.63) is 109 Å². The number of nitrogens with zero attached hydrogens (tertiary/aromatic N) is 10. The van der Waals surface area contributed by atoms with Crippen LogP contribution >= 0.6 is 11.6 Å². The van der Waals surface area contributed by atoms with Crippen molar-refractivity contribution in [2.24, 2.45) is 0 Å². The van der Waals surface area contributed by atoms with Crippen molar-refractivity contribution < 1.29 is 60.9 Å². The average molecular weight is 1190 g/mol. The van der Waals surface area contributed by atoms with Crippen LogP contribution in [0.1, 0.15) is 64.3 Å². The quantitative estimate of drug-likeness (QED) is 0.0418. The summed E-state index contributed by atoms with van der Waals surface area (Å²) in [6.45, 7) is 3.60. The molecular weight excluding hydrogens is 1120 g/mol. The Bertz CT molecular complexity index is 3720. The molecule has 11 rings (SSSR count). The minimum Gasteiger partial charge on any atom is -0.356 e. The number of likely N-dealkylation sites (N-methyl/N-ethyl adjacent to an activating group) is 1. The molecule has 2 saturated carbocycles. The van der Waals surface area contributed by atoms with E-state index >= 15 is 0 Å². The monoisotopic (exact) mass is 1190 g/mol. The number of aromatic nitrogens is 12. The largest absolute Gasteiger partial charge is 0.405 e. The molecule has 9 aromatic rings. The molecule has 30 heteroatoms. The van der Waals surface area contributed by atoms with Gasteiger partial charge in [-0.05, 0) is 82.3 Å². The molecule has 0 radical (unpaired) electrons. The number of rotatable bonds is 16. The van der Waals surface area contributed by atoms with Crippen LogP contribution in [0.25, 0.3) is 67.3 Å². The molecule has 9 heterocycles. The lowest BCUT2D eigenvalue weighted by Crippen LogP contribution is -2.50. The highest BCUT2D eigenvalue weighted by molar-refractivity contribution is 6.31. The van der Waals surface area contributed by atoms with Gasteiger partial charge in [0.25, 0.3) is 0 Å². The summed E-state index contributed by atoms with van der Waals surface area (Å²) in [5, 5.41) is 15.2. The second-order valence-corrected chi connectivity index (χ2v) is 20.1. The minimum absolute atomic E-state index is 0. The zero-order chi connectivity index (χ0) is 59.5. The number of anilines is 3. The third-order valence-electron chi connectivity index (χ3n) is 13.6.